The van der Waals surface area contributed by atoms with E-state index in [0.717, 1.165) is 26.2 Å². The van der Waals surface area contributed by atoms with Gasteiger partial charge in [-0.2, -0.15) is 0 Å². The molecule has 22 atom stereocenters. The number of hydrogen-bond acceptors (Lipinski definition) is 20. The Morgan fingerprint density at radius 2 is 0.985 bits per heavy atom. The number of aliphatic hydroxyl groups excluding tert-OH is 8. The smallest absolute Gasteiger partial charge is 0.335 e. The molecule has 4 saturated heterocycles. The Labute approximate surface area is 395 Å². The van der Waals surface area contributed by atoms with Crippen LogP contribution >= 0.6 is 0 Å². The van der Waals surface area contributed by atoms with Crippen LogP contribution in [0.4, 0.5) is 0 Å². The number of amides is 2. The van der Waals surface area contributed by atoms with Gasteiger partial charge in [0.05, 0.1) is 31.0 Å². The largest absolute Gasteiger partial charge is 0.479 e. The van der Waals surface area contributed by atoms with Crippen molar-refractivity contribution < 1.29 is 108 Å². The fourth-order valence-electron chi connectivity index (χ4n) is 9.33. The highest BCUT2D eigenvalue weighted by atomic mass is 16.8. The van der Waals surface area contributed by atoms with Crippen LogP contribution in [0.3, 0.4) is 0 Å². The molecule has 4 aliphatic rings. The molecule has 0 bridgehead atoms. The van der Waals surface area contributed by atoms with E-state index in [1.54, 1.807) is 13.8 Å². The highest BCUT2D eigenvalue weighted by Crippen LogP contribution is 2.42. The lowest BCUT2D eigenvalue weighted by Crippen LogP contribution is -2.71. The first-order valence-corrected chi connectivity index (χ1v) is 23.5. The Balaban J connectivity index is 1.66. The maximum Gasteiger partial charge on any atom is 0.335 e. The molecule has 0 saturated carbocycles. The van der Waals surface area contributed by atoms with Crippen molar-refractivity contribution in [2.24, 2.45) is 5.41 Å². The highest BCUT2D eigenvalue weighted by Gasteiger charge is 2.59. The van der Waals surface area contributed by atoms with Crippen LogP contribution < -0.4 is 10.6 Å². The number of nitrogens with one attached hydrogen (secondary N) is 2. The van der Waals surface area contributed by atoms with Gasteiger partial charge in [-0.1, -0.05) is 60.3 Å². The molecule has 24 heteroatoms. The van der Waals surface area contributed by atoms with E-state index in [2.05, 4.69) is 10.6 Å². The summed E-state index contributed by atoms with van der Waals surface area (Å²) in [6.07, 6.45) is -28.3. The van der Waals surface area contributed by atoms with Crippen LogP contribution in [0.5, 0.6) is 0 Å². The van der Waals surface area contributed by atoms with Gasteiger partial charge < -0.3 is 99.6 Å². The second kappa shape index (κ2) is 25.1. The minimum Gasteiger partial charge on any atom is -0.479 e. The average Bonchev–Trinajstić information content (AvgIpc) is 3.29. The molecule has 4 aliphatic heterocycles. The van der Waals surface area contributed by atoms with Crippen molar-refractivity contribution in [3.63, 3.8) is 0 Å². The second-order valence-electron chi connectivity index (χ2n) is 18.8. The lowest BCUT2D eigenvalue weighted by Gasteiger charge is -2.52. The first-order chi connectivity index (χ1) is 32.0. The van der Waals surface area contributed by atoms with Crippen molar-refractivity contribution in [1.29, 1.82) is 0 Å². The summed E-state index contributed by atoms with van der Waals surface area (Å²) >= 11 is 0. The maximum absolute atomic E-state index is 12.9. The lowest BCUT2D eigenvalue weighted by molar-refractivity contribution is -0.369. The standard InChI is InChI=1S/C44H76N2O22/c1-9-13-15-43(7,11-3)37-23(45-19(5)49)31(25(51)21(17-47)61-37)63-41-29(55)27(53)33(35(66-41)38(57)58)65-40-24(46-20(6)50)32(26(52)22(18-48)62-40)64-42-30(56)28(54)34(36(67-42)39(59)60)68-44(8,12-4)16-14-10-2/h21-37,40-42,47-48,51-56H,9-18H2,1-8H3,(H,45,49)(H,46,50)(H,57,58)(H,59,60). The van der Waals surface area contributed by atoms with Gasteiger partial charge in [0.1, 0.15) is 79.3 Å². The Kier molecular flexibility index (Phi) is 21.3. The molecule has 22 unspecified atom stereocenters. The van der Waals surface area contributed by atoms with Gasteiger partial charge in [-0.05, 0) is 38.0 Å². The van der Waals surface area contributed by atoms with E-state index < -0.39 is 170 Å². The molecular formula is C44H76N2O22. The fourth-order valence-corrected chi connectivity index (χ4v) is 9.33. The number of carboxylic acid groups (broad SMARTS) is 2. The average molecular weight is 985 g/mol. The summed E-state index contributed by atoms with van der Waals surface area (Å²) in [7, 11) is 0. The molecule has 4 fully saturated rings. The van der Waals surface area contributed by atoms with Gasteiger partial charge in [-0.15, -0.1) is 0 Å². The van der Waals surface area contributed by atoms with E-state index in [4.69, 9.17) is 37.9 Å². The fraction of sp³-hybridized carbons (Fsp3) is 0.909. The van der Waals surface area contributed by atoms with Crippen molar-refractivity contribution in [3.8, 4) is 0 Å². The molecule has 0 aliphatic carbocycles. The molecule has 2 amide bonds. The molecule has 0 aromatic carbocycles. The minimum atomic E-state index is -2.25. The summed E-state index contributed by atoms with van der Waals surface area (Å²) in [4.78, 5) is 50.8. The molecule has 12 N–H and O–H groups in total. The first-order valence-electron chi connectivity index (χ1n) is 23.5. The Hall–Kier alpha value is -2.76. The van der Waals surface area contributed by atoms with Crippen LogP contribution in [-0.4, -0.2) is 216 Å². The predicted molar refractivity (Wildman–Crippen MR) is 231 cm³/mol. The molecular weight excluding hydrogens is 908 g/mol. The number of carbonyl (C=O) groups excluding carboxylic acids is 2. The van der Waals surface area contributed by atoms with Gasteiger partial charge in [0, 0.05) is 13.8 Å². The van der Waals surface area contributed by atoms with Gasteiger partial charge in [0.15, 0.2) is 31.1 Å². The molecule has 0 radical (unpaired) electrons. The third-order valence-corrected chi connectivity index (χ3v) is 13.8. The van der Waals surface area contributed by atoms with Crippen LogP contribution in [-0.2, 0) is 57.1 Å². The molecule has 0 spiro atoms. The molecule has 4 rings (SSSR count). The van der Waals surface area contributed by atoms with Gasteiger partial charge in [-0.3, -0.25) is 9.59 Å². The number of rotatable bonds is 23. The molecule has 4 heterocycles. The SMILES string of the molecule is CCCCC(C)(CC)OC1C(C(=O)O)OC(OC2C(O)C(CO)OC(OC3C(C(=O)O)OC(OC4C(O)C(CO)OC(C(C)(CC)CCCC)C4NC(C)=O)C(O)C3O)C2NC(C)=O)C(O)C1O. The predicted octanol–water partition coefficient (Wildman–Crippen LogP) is -2.24. The Morgan fingerprint density at radius 1 is 0.544 bits per heavy atom. The Bertz CT molecular complexity index is 1650. The number of ether oxygens (including phenoxy) is 8. The molecule has 24 nitrogen and oxygen atoms in total. The number of hydrogen-bond donors (Lipinski definition) is 12. The number of unbranched alkanes of at least 4 members (excludes halogenated alkanes) is 2. The van der Waals surface area contributed by atoms with E-state index in [-0.39, 0.29) is 0 Å². The second-order valence-corrected chi connectivity index (χ2v) is 18.8. The summed E-state index contributed by atoms with van der Waals surface area (Å²) in [6.45, 7) is 11.8. The van der Waals surface area contributed by atoms with E-state index >= 15 is 0 Å². The van der Waals surface area contributed by atoms with Crippen LogP contribution in [0.15, 0.2) is 0 Å². The van der Waals surface area contributed by atoms with E-state index in [9.17, 15) is 70.2 Å². The van der Waals surface area contributed by atoms with Gasteiger partial charge >= 0.3 is 11.9 Å². The minimum absolute atomic E-state index is 0.407. The third-order valence-electron chi connectivity index (χ3n) is 13.8. The topological polar surface area (TPSA) is 368 Å². The van der Waals surface area contributed by atoms with Crippen molar-refractivity contribution in [3.05, 3.63) is 0 Å². The molecule has 0 aromatic rings. The molecule has 68 heavy (non-hydrogen) atoms. The number of aliphatic hydroxyl groups is 8. The highest BCUT2D eigenvalue weighted by molar-refractivity contribution is 5.75. The molecule has 0 aromatic heterocycles. The van der Waals surface area contributed by atoms with Crippen molar-refractivity contribution >= 4 is 23.8 Å². The third kappa shape index (κ3) is 13.2. The van der Waals surface area contributed by atoms with Crippen molar-refractivity contribution in [1.82, 2.24) is 10.6 Å². The van der Waals surface area contributed by atoms with Crippen LogP contribution in [0.2, 0.25) is 0 Å². The van der Waals surface area contributed by atoms with Gasteiger partial charge in [0.2, 0.25) is 11.8 Å². The first kappa shape index (κ1) is 57.8. The van der Waals surface area contributed by atoms with Crippen LogP contribution in [0, 0.1) is 5.41 Å². The zero-order valence-corrected chi connectivity index (χ0v) is 40.0. The van der Waals surface area contributed by atoms with Crippen LogP contribution in [0.1, 0.15) is 107 Å². The van der Waals surface area contributed by atoms with E-state index in [0.29, 0.717) is 32.1 Å². The zero-order chi connectivity index (χ0) is 51.0. The normalized spacial score (nSPS) is 40.6. The quantitative estimate of drug-likeness (QED) is 0.0515. The van der Waals surface area contributed by atoms with Gasteiger partial charge in [0.25, 0.3) is 0 Å². The summed E-state index contributed by atoms with van der Waals surface area (Å²) in [5.74, 6) is -4.78. The molecule has 394 valence electrons. The number of aliphatic carboxylic acids is 2. The zero-order valence-electron chi connectivity index (χ0n) is 40.0. The number of carbonyl (C=O) groups is 4. The summed E-state index contributed by atoms with van der Waals surface area (Å²) < 4.78 is 47.5. The summed E-state index contributed by atoms with van der Waals surface area (Å²) in [5, 5.41) is 115. The van der Waals surface area contributed by atoms with E-state index in [1.807, 2.05) is 27.7 Å². The van der Waals surface area contributed by atoms with Crippen molar-refractivity contribution in [2.45, 2.75) is 235 Å². The number of carboxylic acids is 2. The summed E-state index contributed by atoms with van der Waals surface area (Å²) in [6, 6.07) is -2.92. The Morgan fingerprint density at radius 3 is 1.44 bits per heavy atom. The van der Waals surface area contributed by atoms with E-state index in [1.165, 1.54) is 6.92 Å². The lowest BCUT2D eigenvalue weighted by atomic mass is 9.71. The maximum atomic E-state index is 12.9. The van der Waals surface area contributed by atoms with Gasteiger partial charge in [-0.25, -0.2) is 9.59 Å². The summed E-state index contributed by atoms with van der Waals surface area (Å²) in [5.41, 5.74) is -1.60. The monoisotopic (exact) mass is 984 g/mol. The van der Waals surface area contributed by atoms with Crippen LogP contribution in [0.25, 0.3) is 0 Å². The van der Waals surface area contributed by atoms with Crippen molar-refractivity contribution in [2.75, 3.05) is 13.2 Å².